The van der Waals surface area contributed by atoms with Gasteiger partial charge in [0, 0.05) is 18.2 Å². The lowest BCUT2D eigenvalue weighted by Crippen LogP contribution is -2.13. The maximum absolute atomic E-state index is 13.1. The van der Waals surface area contributed by atoms with Crippen LogP contribution in [-0.2, 0) is 12.6 Å². The number of hydrogen-bond acceptors (Lipinski definition) is 4. The van der Waals surface area contributed by atoms with Gasteiger partial charge in [-0.05, 0) is 42.0 Å². The monoisotopic (exact) mass is 417 g/mol. The zero-order valence-electron chi connectivity index (χ0n) is 15.6. The fourth-order valence-corrected chi connectivity index (χ4v) is 2.86. The molecule has 156 valence electrons. The molecule has 0 aromatic heterocycles. The molecule has 3 N–H and O–H groups in total. The standard InChI is InChI=1S/C22H18F3NO4/c23-22(24,25)19-7-2-1-4-14(19)10-11-30-17-6-3-5-15(12-17)26-21(29)18-13-16(27)8-9-20(18)28/h1-9,12-13,27-28H,10-11H2,(H,26,29). The number of alkyl halides is 3. The molecule has 0 spiro atoms. The van der Waals surface area contributed by atoms with E-state index in [0.29, 0.717) is 11.4 Å². The molecule has 3 aromatic carbocycles. The van der Waals surface area contributed by atoms with Gasteiger partial charge < -0.3 is 20.3 Å². The molecule has 0 bridgehead atoms. The van der Waals surface area contributed by atoms with Crippen molar-refractivity contribution in [3.63, 3.8) is 0 Å². The summed E-state index contributed by atoms with van der Waals surface area (Å²) in [6.45, 7) is 0.0117. The van der Waals surface area contributed by atoms with Crippen molar-refractivity contribution in [1.82, 2.24) is 0 Å². The fraction of sp³-hybridized carbons (Fsp3) is 0.136. The van der Waals surface area contributed by atoms with Gasteiger partial charge in [-0.15, -0.1) is 0 Å². The van der Waals surface area contributed by atoms with Gasteiger partial charge in [-0.1, -0.05) is 24.3 Å². The Balaban J connectivity index is 1.64. The van der Waals surface area contributed by atoms with E-state index < -0.39 is 17.6 Å². The number of carbonyl (C=O) groups is 1. The first-order valence-corrected chi connectivity index (χ1v) is 8.95. The summed E-state index contributed by atoms with van der Waals surface area (Å²) in [6, 6.07) is 15.2. The molecule has 3 aromatic rings. The summed E-state index contributed by atoms with van der Waals surface area (Å²) in [7, 11) is 0. The van der Waals surface area contributed by atoms with Gasteiger partial charge in [0.15, 0.2) is 0 Å². The van der Waals surface area contributed by atoms with Crippen molar-refractivity contribution in [3.8, 4) is 17.2 Å². The van der Waals surface area contributed by atoms with Gasteiger partial charge in [0.1, 0.15) is 17.2 Å². The summed E-state index contributed by atoms with van der Waals surface area (Å²) < 4.78 is 44.7. The number of phenols is 2. The first kappa shape index (κ1) is 21.0. The molecular formula is C22H18F3NO4. The summed E-state index contributed by atoms with van der Waals surface area (Å²) in [6.07, 6.45) is -4.37. The Hall–Kier alpha value is -3.68. The van der Waals surface area contributed by atoms with Crippen molar-refractivity contribution in [1.29, 1.82) is 0 Å². The van der Waals surface area contributed by atoms with Crippen LogP contribution in [0.2, 0.25) is 0 Å². The van der Waals surface area contributed by atoms with Gasteiger partial charge in [0.2, 0.25) is 0 Å². The number of hydrogen-bond donors (Lipinski definition) is 3. The topological polar surface area (TPSA) is 78.8 Å². The average Bonchev–Trinajstić information content (AvgIpc) is 2.69. The normalized spacial score (nSPS) is 11.2. The highest BCUT2D eigenvalue weighted by Gasteiger charge is 2.32. The second kappa shape index (κ2) is 8.77. The summed E-state index contributed by atoms with van der Waals surface area (Å²) in [5, 5.41) is 21.8. The van der Waals surface area contributed by atoms with E-state index in [4.69, 9.17) is 4.74 Å². The number of nitrogens with one attached hydrogen (secondary N) is 1. The van der Waals surface area contributed by atoms with Crippen LogP contribution in [0, 0.1) is 0 Å². The maximum Gasteiger partial charge on any atom is 0.416 e. The maximum atomic E-state index is 13.1. The smallest absolute Gasteiger partial charge is 0.416 e. The molecule has 0 unspecified atom stereocenters. The lowest BCUT2D eigenvalue weighted by atomic mass is 10.0. The van der Waals surface area contributed by atoms with E-state index in [0.717, 1.165) is 12.1 Å². The van der Waals surface area contributed by atoms with Crippen molar-refractivity contribution >= 4 is 11.6 Å². The number of anilines is 1. The number of rotatable bonds is 6. The number of phenolic OH excluding ortho intramolecular Hbond substituents is 2. The molecule has 5 nitrogen and oxygen atoms in total. The molecule has 0 saturated carbocycles. The summed E-state index contributed by atoms with van der Waals surface area (Å²) >= 11 is 0. The lowest BCUT2D eigenvalue weighted by molar-refractivity contribution is -0.138. The molecule has 0 aliphatic heterocycles. The van der Waals surface area contributed by atoms with Crippen LogP contribution < -0.4 is 10.1 Å². The Morgan fingerprint density at radius 1 is 0.967 bits per heavy atom. The van der Waals surface area contributed by atoms with Crippen molar-refractivity contribution in [2.45, 2.75) is 12.6 Å². The van der Waals surface area contributed by atoms with Crippen LogP contribution in [0.15, 0.2) is 66.7 Å². The van der Waals surface area contributed by atoms with Crippen molar-refractivity contribution in [3.05, 3.63) is 83.4 Å². The van der Waals surface area contributed by atoms with Gasteiger partial charge in [-0.2, -0.15) is 13.2 Å². The Morgan fingerprint density at radius 2 is 1.73 bits per heavy atom. The quantitative estimate of drug-likeness (QED) is 0.494. The van der Waals surface area contributed by atoms with E-state index >= 15 is 0 Å². The van der Waals surface area contributed by atoms with Gasteiger partial charge in [-0.3, -0.25) is 4.79 Å². The minimum Gasteiger partial charge on any atom is -0.508 e. The van der Waals surface area contributed by atoms with Gasteiger partial charge in [0.05, 0.1) is 17.7 Å². The predicted octanol–water partition coefficient (Wildman–Crippen LogP) is 4.99. The molecule has 3 rings (SSSR count). The molecule has 1 amide bonds. The van der Waals surface area contributed by atoms with Crippen molar-refractivity contribution < 1.29 is 32.9 Å². The second-order valence-electron chi connectivity index (χ2n) is 6.44. The highest BCUT2D eigenvalue weighted by molar-refractivity contribution is 6.06. The van der Waals surface area contributed by atoms with Gasteiger partial charge in [-0.25, -0.2) is 0 Å². The lowest BCUT2D eigenvalue weighted by Gasteiger charge is -2.13. The van der Waals surface area contributed by atoms with E-state index in [1.165, 1.54) is 36.4 Å². The summed E-state index contributed by atoms with van der Waals surface area (Å²) in [5.41, 5.74) is -0.310. The molecule has 0 heterocycles. The second-order valence-corrected chi connectivity index (χ2v) is 6.44. The van der Waals surface area contributed by atoms with Crippen LogP contribution >= 0.6 is 0 Å². The highest BCUT2D eigenvalue weighted by atomic mass is 19.4. The predicted molar refractivity (Wildman–Crippen MR) is 105 cm³/mol. The number of benzene rings is 3. The van der Waals surface area contributed by atoms with Crippen LogP contribution in [0.1, 0.15) is 21.5 Å². The average molecular weight is 417 g/mol. The number of halogens is 3. The molecule has 0 aliphatic carbocycles. The van der Waals surface area contributed by atoms with E-state index in [2.05, 4.69) is 5.32 Å². The van der Waals surface area contributed by atoms with E-state index in [9.17, 15) is 28.2 Å². The molecular weight excluding hydrogens is 399 g/mol. The van der Waals surface area contributed by atoms with Gasteiger partial charge >= 0.3 is 6.18 Å². The first-order valence-electron chi connectivity index (χ1n) is 8.95. The Bertz CT molecular complexity index is 1050. The third kappa shape index (κ3) is 5.22. The molecule has 30 heavy (non-hydrogen) atoms. The number of ether oxygens (including phenoxy) is 1. The first-order chi connectivity index (χ1) is 14.2. The highest BCUT2D eigenvalue weighted by Crippen LogP contribution is 2.32. The van der Waals surface area contributed by atoms with E-state index in [1.807, 2.05) is 0 Å². The van der Waals surface area contributed by atoms with Crippen molar-refractivity contribution in [2.24, 2.45) is 0 Å². The molecule has 8 heteroatoms. The SMILES string of the molecule is O=C(Nc1cccc(OCCc2ccccc2C(F)(F)F)c1)c1cc(O)ccc1O. The fourth-order valence-electron chi connectivity index (χ4n) is 2.86. The largest absolute Gasteiger partial charge is 0.508 e. The minimum absolute atomic E-state index is 0.0117. The molecule has 0 fully saturated rings. The molecule has 0 aliphatic rings. The summed E-state index contributed by atoms with van der Waals surface area (Å²) in [4.78, 5) is 12.3. The van der Waals surface area contributed by atoms with E-state index in [-0.39, 0.29) is 35.7 Å². The van der Waals surface area contributed by atoms with Crippen LogP contribution in [0.3, 0.4) is 0 Å². The zero-order chi connectivity index (χ0) is 21.7. The van der Waals surface area contributed by atoms with Crippen LogP contribution in [0.4, 0.5) is 18.9 Å². The molecule has 0 radical (unpaired) electrons. The third-order valence-electron chi connectivity index (χ3n) is 4.28. The van der Waals surface area contributed by atoms with E-state index in [1.54, 1.807) is 18.2 Å². The third-order valence-corrected chi connectivity index (χ3v) is 4.28. The van der Waals surface area contributed by atoms with Crippen LogP contribution in [0.5, 0.6) is 17.2 Å². The Labute approximate surface area is 170 Å². The number of aromatic hydroxyl groups is 2. The molecule has 0 atom stereocenters. The summed E-state index contributed by atoms with van der Waals surface area (Å²) in [5.74, 6) is -0.743. The Kier molecular flexibility index (Phi) is 6.15. The molecule has 0 saturated heterocycles. The van der Waals surface area contributed by atoms with Crippen LogP contribution in [0.25, 0.3) is 0 Å². The Morgan fingerprint density at radius 3 is 2.50 bits per heavy atom. The number of carbonyl (C=O) groups excluding carboxylic acids is 1. The number of amides is 1. The zero-order valence-corrected chi connectivity index (χ0v) is 15.6. The minimum atomic E-state index is -4.43. The van der Waals surface area contributed by atoms with Gasteiger partial charge in [0.25, 0.3) is 5.91 Å². The van der Waals surface area contributed by atoms with Crippen LogP contribution in [-0.4, -0.2) is 22.7 Å². The van der Waals surface area contributed by atoms with Crippen molar-refractivity contribution in [2.75, 3.05) is 11.9 Å².